The van der Waals surface area contributed by atoms with Gasteiger partial charge in [-0.3, -0.25) is 14.5 Å². The molecule has 0 spiro atoms. The molecule has 1 atom stereocenters. The minimum Gasteiger partial charge on any atom is -0.464 e. The third kappa shape index (κ3) is 4.87. The molecule has 1 fully saturated rings. The zero-order chi connectivity index (χ0) is 21.7. The fourth-order valence-electron chi connectivity index (χ4n) is 3.89. The van der Waals surface area contributed by atoms with Crippen molar-refractivity contribution in [1.29, 1.82) is 0 Å². The number of aromatic nitrogens is 1. The summed E-state index contributed by atoms with van der Waals surface area (Å²) in [7, 11) is 3.06. The van der Waals surface area contributed by atoms with Crippen molar-refractivity contribution in [3.63, 3.8) is 0 Å². The van der Waals surface area contributed by atoms with Crippen LogP contribution in [-0.2, 0) is 21.3 Å². The molecule has 0 aliphatic carbocycles. The molecule has 8 heteroatoms. The Labute approximate surface area is 172 Å². The van der Waals surface area contributed by atoms with Gasteiger partial charge in [-0.05, 0) is 26.3 Å². The monoisotopic (exact) mass is 407 g/mol. The van der Waals surface area contributed by atoms with Gasteiger partial charge in [-0.2, -0.15) is 0 Å². The van der Waals surface area contributed by atoms with Gasteiger partial charge in [-0.1, -0.05) is 6.92 Å². The van der Waals surface area contributed by atoms with Gasteiger partial charge in [-0.15, -0.1) is 0 Å². The van der Waals surface area contributed by atoms with E-state index in [1.165, 1.54) is 7.11 Å². The van der Waals surface area contributed by atoms with Crippen molar-refractivity contribution in [1.82, 2.24) is 14.4 Å². The second kappa shape index (κ2) is 10.0. The first-order chi connectivity index (χ1) is 13.7. The number of esters is 1. The van der Waals surface area contributed by atoms with Crippen LogP contribution >= 0.6 is 0 Å². The Morgan fingerprint density at radius 1 is 1.21 bits per heavy atom. The minimum atomic E-state index is -0.617. The molecule has 0 aromatic carbocycles. The van der Waals surface area contributed by atoms with Crippen molar-refractivity contribution < 1.29 is 23.9 Å². The number of methoxy groups -OCH3 is 1. The standard InChI is InChI=1S/C21H33N3O5/c1-7-17(25)24(9-8-23-10-12-29-13-11-23)16(4)20(26)18-14(2)19(21(27)28-6)22(5)15(18)3/h16H,7-13H2,1-6H3. The average molecular weight is 408 g/mol. The number of carbonyl (C=O) groups is 3. The van der Waals surface area contributed by atoms with Gasteiger partial charge in [0.15, 0.2) is 5.78 Å². The van der Waals surface area contributed by atoms with Crippen LogP contribution in [0.3, 0.4) is 0 Å². The van der Waals surface area contributed by atoms with E-state index in [4.69, 9.17) is 9.47 Å². The summed E-state index contributed by atoms with van der Waals surface area (Å²) in [5.74, 6) is -0.693. The largest absolute Gasteiger partial charge is 0.464 e. The number of hydrogen-bond donors (Lipinski definition) is 0. The number of ether oxygens (including phenoxy) is 2. The molecule has 162 valence electrons. The van der Waals surface area contributed by atoms with Crippen molar-refractivity contribution >= 4 is 17.7 Å². The molecule has 2 heterocycles. The summed E-state index contributed by atoms with van der Waals surface area (Å²) in [4.78, 5) is 42.0. The number of morpholine rings is 1. The first-order valence-corrected chi connectivity index (χ1v) is 10.1. The molecule has 0 bridgehead atoms. The van der Waals surface area contributed by atoms with Gasteiger partial charge in [0.2, 0.25) is 5.91 Å². The third-order valence-electron chi connectivity index (χ3n) is 5.79. The van der Waals surface area contributed by atoms with E-state index >= 15 is 0 Å². The van der Waals surface area contributed by atoms with Crippen LogP contribution in [0.1, 0.15) is 52.4 Å². The van der Waals surface area contributed by atoms with E-state index in [0.29, 0.717) is 55.2 Å². The molecule has 2 rings (SSSR count). The summed E-state index contributed by atoms with van der Waals surface area (Å²) in [6.07, 6.45) is 0.334. The van der Waals surface area contributed by atoms with Gasteiger partial charge < -0.3 is 18.9 Å². The maximum absolute atomic E-state index is 13.4. The van der Waals surface area contributed by atoms with Crippen LogP contribution in [0.25, 0.3) is 0 Å². The predicted octanol–water partition coefficient (Wildman–Crippen LogP) is 1.57. The number of carbonyl (C=O) groups excluding carboxylic acids is 3. The highest BCUT2D eigenvalue weighted by Gasteiger charge is 2.32. The zero-order valence-corrected chi connectivity index (χ0v) is 18.4. The summed E-state index contributed by atoms with van der Waals surface area (Å²) in [6, 6.07) is -0.617. The average Bonchev–Trinajstić information content (AvgIpc) is 2.95. The Kier molecular flexibility index (Phi) is 7.98. The van der Waals surface area contributed by atoms with Gasteiger partial charge in [0, 0.05) is 50.9 Å². The molecule has 29 heavy (non-hydrogen) atoms. The Balaban J connectivity index is 2.26. The van der Waals surface area contributed by atoms with Crippen LogP contribution < -0.4 is 0 Å². The van der Waals surface area contributed by atoms with E-state index in [0.717, 1.165) is 13.1 Å². The molecule has 0 N–H and O–H groups in total. The van der Waals surface area contributed by atoms with Gasteiger partial charge in [0.25, 0.3) is 0 Å². The van der Waals surface area contributed by atoms with E-state index in [1.54, 1.807) is 44.2 Å². The summed E-state index contributed by atoms with van der Waals surface area (Å²) in [6.45, 7) is 11.3. The summed E-state index contributed by atoms with van der Waals surface area (Å²) in [5, 5.41) is 0. The van der Waals surface area contributed by atoms with E-state index in [-0.39, 0.29) is 11.7 Å². The lowest BCUT2D eigenvalue weighted by Gasteiger charge is -2.32. The SMILES string of the molecule is CCC(=O)N(CCN1CCOCC1)C(C)C(=O)c1c(C)c(C(=O)OC)n(C)c1C. The topological polar surface area (TPSA) is 81.1 Å². The van der Waals surface area contributed by atoms with E-state index in [1.807, 2.05) is 0 Å². The molecule has 8 nitrogen and oxygen atoms in total. The summed E-state index contributed by atoms with van der Waals surface area (Å²) in [5.41, 5.74) is 2.13. The predicted molar refractivity (Wildman–Crippen MR) is 109 cm³/mol. The number of hydrogen-bond acceptors (Lipinski definition) is 6. The maximum atomic E-state index is 13.4. The van der Waals surface area contributed by atoms with Crippen LogP contribution in [0.2, 0.25) is 0 Å². The van der Waals surface area contributed by atoms with Crippen molar-refractivity contribution in [3.05, 3.63) is 22.5 Å². The quantitative estimate of drug-likeness (QED) is 0.481. The van der Waals surface area contributed by atoms with Gasteiger partial charge >= 0.3 is 5.97 Å². The molecule has 1 aliphatic rings. The Hall–Kier alpha value is -2.19. The van der Waals surface area contributed by atoms with E-state index in [9.17, 15) is 14.4 Å². The summed E-state index contributed by atoms with van der Waals surface area (Å²) < 4.78 is 11.9. The summed E-state index contributed by atoms with van der Waals surface area (Å²) >= 11 is 0. The number of Topliss-reactive ketones (excluding diaryl/α,β-unsaturated/α-hetero) is 1. The van der Waals surface area contributed by atoms with Gasteiger partial charge in [0.05, 0.1) is 26.4 Å². The smallest absolute Gasteiger partial charge is 0.354 e. The molecular weight excluding hydrogens is 374 g/mol. The molecule has 1 unspecified atom stereocenters. The van der Waals surface area contributed by atoms with E-state index < -0.39 is 12.0 Å². The number of ketones is 1. The number of rotatable bonds is 8. The molecule has 1 amide bonds. The lowest BCUT2D eigenvalue weighted by molar-refractivity contribution is -0.132. The number of nitrogens with zero attached hydrogens (tertiary/aromatic N) is 3. The molecule has 1 aromatic heterocycles. The van der Waals surface area contributed by atoms with Gasteiger partial charge in [-0.25, -0.2) is 4.79 Å². The molecule has 0 saturated carbocycles. The lowest BCUT2D eigenvalue weighted by atomic mass is 9.99. The Morgan fingerprint density at radius 3 is 2.38 bits per heavy atom. The van der Waals surface area contributed by atoms with Crippen molar-refractivity contribution in [2.75, 3.05) is 46.5 Å². The van der Waals surface area contributed by atoms with Crippen molar-refractivity contribution in [3.8, 4) is 0 Å². The fraction of sp³-hybridized carbons (Fsp3) is 0.667. The lowest BCUT2D eigenvalue weighted by Crippen LogP contribution is -2.48. The van der Waals surface area contributed by atoms with Crippen molar-refractivity contribution in [2.45, 2.75) is 40.2 Å². The van der Waals surface area contributed by atoms with Crippen LogP contribution in [0.5, 0.6) is 0 Å². The second-order valence-electron chi connectivity index (χ2n) is 7.42. The third-order valence-corrected chi connectivity index (χ3v) is 5.79. The van der Waals surface area contributed by atoms with Crippen LogP contribution in [0.15, 0.2) is 0 Å². The zero-order valence-electron chi connectivity index (χ0n) is 18.4. The Morgan fingerprint density at radius 2 is 1.83 bits per heavy atom. The van der Waals surface area contributed by atoms with Crippen molar-refractivity contribution in [2.24, 2.45) is 7.05 Å². The highest BCUT2D eigenvalue weighted by molar-refractivity contribution is 6.06. The first-order valence-electron chi connectivity index (χ1n) is 10.1. The Bertz CT molecular complexity index is 765. The van der Waals surface area contributed by atoms with Crippen LogP contribution in [0.4, 0.5) is 0 Å². The number of amides is 1. The van der Waals surface area contributed by atoms with Crippen LogP contribution in [-0.4, -0.2) is 84.6 Å². The molecular formula is C21H33N3O5. The second-order valence-corrected chi connectivity index (χ2v) is 7.42. The highest BCUT2D eigenvalue weighted by atomic mass is 16.5. The van der Waals surface area contributed by atoms with E-state index in [2.05, 4.69) is 4.90 Å². The first kappa shape index (κ1) is 23.1. The van der Waals surface area contributed by atoms with Crippen LogP contribution in [0, 0.1) is 13.8 Å². The molecule has 1 saturated heterocycles. The minimum absolute atomic E-state index is 0.0569. The molecule has 1 aromatic rings. The molecule has 0 radical (unpaired) electrons. The molecule has 1 aliphatic heterocycles. The fourth-order valence-corrected chi connectivity index (χ4v) is 3.89. The van der Waals surface area contributed by atoms with Gasteiger partial charge in [0.1, 0.15) is 5.69 Å². The maximum Gasteiger partial charge on any atom is 0.354 e. The highest BCUT2D eigenvalue weighted by Crippen LogP contribution is 2.24. The normalized spacial score (nSPS) is 15.8.